The summed E-state index contributed by atoms with van der Waals surface area (Å²) < 4.78 is 2.28. The first kappa shape index (κ1) is 11.6. The van der Waals surface area contributed by atoms with E-state index >= 15 is 0 Å². The van der Waals surface area contributed by atoms with Crippen LogP contribution in [0.2, 0.25) is 0 Å². The second-order valence-electron chi connectivity index (χ2n) is 4.81. The van der Waals surface area contributed by atoms with E-state index in [0.717, 1.165) is 13.1 Å². The first-order valence-corrected chi connectivity index (χ1v) is 6.08. The Morgan fingerprint density at radius 1 is 1.56 bits per heavy atom. The number of aromatic nitrogens is 2. The van der Waals surface area contributed by atoms with Gasteiger partial charge >= 0.3 is 0 Å². The zero-order valence-electron chi connectivity index (χ0n) is 10.1. The molecular formula is C12H21N3O. The fraction of sp³-hybridized carbons (Fsp3) is 0.750. The Morgan fingerprint density at radius 3 is 2.88 bits per heavy atom. The van der Waals surface area contributed by atoms with Crippen LogP contribution >= 0.6 is 0 Å². The lowest BCUT2D eigenvalue weighted by Crippen LogP contribution is -2.33. The molecular weight excluding hydrogens is 202 g/mol. The van der Waals surface area contributed by atoms with E-state index in [1.807, 2.05) is 12.5 Å². The normalized spacial score (nSPS) is 16.3. The molecule has 1 saturated carbocycles. The van der Waals surface area contributed by atoms with E-state index in [0.29, 0.717) is 12.1 Å². The van der Waals surface area contributed by atoms with Crippen molar-refractivity contribution in [2.24, 2.45) is 0 Å². The molecule has 4 heteroatoms. The highest BCUT2D eigenvalue weighted by atomic mass is 16.3. The van der Waals surface area contributed by atoms with Crippen molar-refractivity contribution >= 4 is 0 Å². The number of hydrogen-bond donors (Lipinski definition) is 1. The highest BCUT2D eigenvalue weighted by Crippen LogP contribution is 2.35. The summed E-state index contributed by atoms with van der Waals surface area (Å²) in [5.41, 5.74) is 1.27. The van der Waals surface area contributed by atoms with Gasteiger partial charge in [-0.2, -0.15) is 0 Å². The summed E-state index contributed by atoms with van der Waals surface area (Å²) in [6.45, 7) is 6.15. The molecule has 0 aromatic carbocycles. The van der Waals surface area contributed by atoms with Crippen LogP contribution in [0.5, 0.6) is 0 Å². The smallest absolute Gasteiger partial charge is 0.0951 e. The Kier molecular flexibility index (Phi) is 3.61. The molecule has 1 aromatic rings. The molecule has 0 amide bonds. The fourth-order valence-electron chi connectivity index (χ4n) is 1.99. The van der Waals surface area contributed by atoms with Gasteiger partial charge in [0.15, 0.2) is 0 Å². The van der Waals surface area contributed by atoms with Crippen LogP contribution in [0.15, 0.2) is 12.5 Å². The molecule has 0 saturated heterocycles. The molecule has 0 radical (unpaired) electrons. The number of hydrogen-bond acceptors (Lipinski definition) is 3. The third-order valence-electron chi connectivity index (χ3n) is 3.17. The zero-order valence-corrected chi connectivity index (χ0v) is 10.1. The summed E-state index contributed by atoms with van der Waals surface area (Å²) in [6, 6.07) is 1.13. The van der Waals surface area contributed by atoms with Crippen LogP contribution in [0.1, 0.15) is 38.4 Å². The lowest BCUT2D eigenvalue weighted by Gasteiger charge is -2.25. The third kappa shape index (κ3) is 2.62. The van der Waals surface area contributed by atoms with Gasteiger partial charge in [-0.15, -0.1) is 0 Å². The van der Waals surface area contributed by atoms with E-state index in [1.54, 1.807) is 0 Å². The average Bonchev–Trinajstić information content (AvgIpc) is 2.99. The Balaban J connectivity index is 2.02. The fourth-order valence-corrected chi connectivity index (χ4v) is 1.99. The van der Waals surface area contributed by atoms with Crippen LogP contribution in [0.3, 0.4) is 0 Å². The van der Waals surface area contributed by atoms with Gasteiger partial charge in [0, 0.05) is 31.4 Å². The minimum Gasteiger partial charge on any atom is -0.395 e. The average molecular weight is 223 g/mol. The third-order valence-corrected chi connectivity index (χ3v) is 3.17. The topological polar surface area (TPSA) is 41.3 Å². The van der Waals surface area contributed by atoms with Gasteiger partial charge in [-0.3, -0.25) is 4.90 Å². The lowest BCUT2D eigenvalue weighted by atomic mass is 10.3. The van der Waals surface area contributed by atoms with E-state index < -0.39 is 0 Å². The van der Waals surface area contributed by atoms with Gasteiger partial charge < -0.3 is 9.67 Å². The van der Waals surface area contributed by atoms with Gasteiger partial charge in [0.2, 0.25) is 0 Å². The number of aliphatic hydroxyl groups is 1. The Bertz CT molecular complexity index is 331. The largest absolute Gasteiger partial charge is 0.395 e. The molecule has 0 bridgehead atoms. The molecule has 2 rings (SSSR count). The molecule has 1 fully saturated rings. The predicted octanol–water partition coefficient (Wildman–Crippen LogP) is 1.42. The molecule has 1 N–H and O–H groups in total. The second-order valence-corrected chi connectivity index (χ2v) is 4.81. The van der Waals surface area contributed by atoms with Crippen LogP contribution < -0.4 is 0 Å². The molecule has 90 valence electrons. The standard InChI is InChI=1S/C12H21N3O/c1-10(2)14(5-6-16)8-12-7-13-9-15(12)11-3-4-11/h7,9-11,16H,3-6,8H2,1-2H3. The van der Waals surface area contributed by atoms with E-state index in [4.69, 9.17) is 5.11 Å². The van der Waals surface area contributed by atoms with Gasteiger partial charge in [-0.1, -0.05) is 0 Å². The monoisotopic (exact) mass is 223 g/mol. The van der Waals surface area contributed by atoms with Crippen molar-refractivity contribution < 1.29 is 5.11 Å². The maximum Gasteiger partial charge on any atom is 0.0951 e. The SMILES string of the molecule is CC(C)N(CCO)Cc1cncn1C1CC1. The quantitative estimate of drug-likeness (QED) is 0.793. The zero-order chi connectivity index (χ0) is 11.5. The van der Waals surface area contributed by atoms with Crippen molar-refractivity contribution in [3.05, 3.63) is 18.2 Å². The summed E-state index contributed by atoms with van der Waals surface area (Å²) in [4.78, 5) is 6.50. The number of aliphatic hydroxyl groups excluding tert-OH is 1. The molecule has 16 heavy (non-hydrogen) atoms. The van der Waals surface area contributed by atoms with Gasteiger partial charge in [-0.05, 0) is 26.7 Å². The lowest BCUT2D eigenvalue weighted by molar-refractivity contribution is 0.156. The summed E-state index contributed by atoms with van der Waals surface area (Å²) in [5, 5.41) is 9.04. The van der Waals surface area contributed by atoms with Gasteiger partial charge in [0.05, 0.1) is 18.6 Å². The highest BCUT2D eigenvalue weighted by molar-refractivity contribution is 5.03. The maximum atomic E-state index is 9.04. The molecule has 4 nitrogen and oxygen atoms in total. The summed E-state index contributed by atoms with van der Waals surface area (Å²) in [5.74, 6) is 0. The van der Waals surface area contributed by atoms with Crippen LogP contribution in [-0.2, 0) is 6.54 Å². The van der Waals surface area contributed by atoms with Crippen LogP contribution in [0.25, 0.3) is 0 Å². The summed E-state index contributed by atoms with van der Waals surface area (Å²) >= 11 is 0. The van der Waals surface area contributed by atoms with Gasteiger partial charge in [-0.25, -0.2) is 4.98 Å². The van der Waals surface area contributed by atoms with Crippen molar-refractivity contribution in [2.45, 2.75) is 45.3 Å². The Labute approximate surface area is 96.9 Å². The number of imidazole rings is 1. The van der Waals surface area contributed by atoms with Crippen LogP contribution in [0.4, 0.5) is 0 Å². The Hall–Kier alpha value is -0.870. The van der Waals surface area contributed by atoms with Crippen molar-refractivity contribution in [1.82, 2.24) is 14.5 Å². The van der Waals surface area contributed by atoms with Crippen molar-refractivity contribution in [2.75, 3.05) is 13.2 Å². The molecule has 0 spiro atoms. The minimum absolute atomic E-state index is 0.218. The maximum absolute atomic E-state index is 9.04. The second kappa shape index (κ2) is 4.97. The molecule has 1 aromatic heterocycles. The van der Waals surface area contributed by atoms with E-state index in [2.05, 4.69) is 28.3 Å². The number of nitrogens with zero attached hydrogens (tertiary/aromatic N) is 3. The van der Waals surface area contributed by atoms with E-state index in [-0.39, 0.29) is 6.61 Å². The molecule has 0 unspecified atom stereocenters. The minimum atomic E-state index is 0.218. The molecule has 0 atom stereocenters. The highest BCUT2D eigenvalue weighted by Gasteiger charge is 2.25. The van der Waals surface area contributed by atoms with Crippen molar-refractivity contribution in [3.63, 3.8) is 0 Å². The first-order chi connectivity index (χ1) is 7.72. The van der Waals surface area contributed by atoms with Crippen LogP contribution in [-0.4, -0.2) is 38.8 Å². The van der Waals surface area contributed by atoms with Gasteiger partial charge in [0.1, 0.15) is 0 Å². The molecule has 1 aliphatic carbocycles. The summed E-state index contributed by atoms with van der Waals surface area (Å²) in [6.07, 6.45) is 6.45. The van der Waals surface area contributed by atoms with Crippen molar-refractivity contribution in [1.29, 1.82) is 0 Å². The van der Waals surface area contributed by atoms with E-state index in [1.165, 1.54) is 18.5 Å². The number of rotatable bonds is 6. The van der Waals surface area contributed by atoms with E-state index in [9.17, 15) is 0 Å². The first-order valence-electron chi connectivity index (χ1n) is 6.08. The molecule has 1 aliphatic rings. The Morgan fingerprint density at radius 2 is 2.31 bits per heavy atom. The van der Waals surface area contributed by atoms with Crippen LogP contribution in [0, 0.1) is 0 Å². The molecule has 0 aliphatic heterocycles. The predicted molar refractivity (Wildman–Crippen MR) is 63.1 cm³/mol. The molecule has 1 heterocycles. The summed E-state index contributed by atoms with van der Waals surface area (Å²) in [7, 11) is 0. The van der Waals surface area contributed by atoms with Gasteiger partial charge in [0.25, 0.3) is 0 Å². The van der Waals surface area contributed by atoms with Crippen molar-refractivity contribution in [3.8, 4) is 0 Å².